The summed E-state index contributed by atoms with van der Waals surface area (Å²) in [5.74, 6) is -0.907. The predicted octanol–water partition coefficient (Wildman–Crippen LogP) is 2.00. The van der Waals surface area contributed by atoms with Gasteiger partial charge in [0, 0.05) is 6.07 Å². The number of aromatic nitrogens is 1. The number of carbonyl (C=O) groups excluding carboxylic acids is 1. The molecule has 1 aromatic heterocycles. The van der Waals surface area contributed by atoms with Gasteiger partial charge in [-0.15, -0.1) is 0 Å². The number of aryl methyl sites for hydroxylation is 1. The van der Waals surface area contributed by atoms with Crippen LogP contribution in [0.5, 0.6) is 11.6 Å². The van der Waals surface area contributed by atoms with Crippen LogP contribution in [-0.4, -0.2) is 10.9 Å². The smallest absolute Gasteiger partial charge is 0.254 e. The van der Waals surface area contributed by atoms with Crippen LogP contribution >= 0.6 is 0 Å². The lowest BCUT2D eigenvalue weighted by Crippen LogP contribution is -2.13. The van der Waals surface area contributed by atoms with E-state index in [-0.39, 0.29) is 22.9 Å². The Balaban J connectivity index is 2.43. The van der Waals surface area contributed by atoms with E-state index in [4.69, 9.17) is 16.2 Å². The SMILES string of the molecule is Cc1ccc(F)cc1Oc1ncc(N)cc1C(N)=O. The van der Waals surface area contributed by atoms with E-state index < -0.39 is 11.7 Å². The van der Waals surface area contributed by atoms with Gasteiger partial charge >= 0.3 is 0 Å². The summed E-state index contributed by atoms with van der Waals surface area (Å²) in [6.45, 7) is 1.75. The molecule has 6 heteroatoms. The fourth-order valence-corrected chi connectivity index (χ4v) is 1.51. The molecule has 0 aliphatic carbocycles. The number of pyridine rings is 1. The molecule has 2 rings (SSSR count). The summed E-state index contributed by atoms with van der Waals surface area (Å²) in [4.78, 5) is 15.2. The van der Waals surface area contributed by atoms with Gasteiger partial charge in [-0.1, -0.05) is 6.07 Å². The van der Waals surface area contributed by atoms with Crippen molar-refractivity contribution in [3.05, 3.63) is 47.4 Å². The first-order valence-electron chi connectivity index (χ1n) is 5.46. The summed E-state index contributed by atoms with van der Waals surface area (Å²) in [6.07, 6.45) is 1.33. The van der Waals surface area contributed by atoms with Gasteiger partial charge in [-0.3, -0.25) is 4.79 Å². The average molecular weight is 261 g/mol. The number of nitrogens with two attached hydrogens (primary N) is 2. The molecular formula is C13H12FN3O2. The molecule has 1 aromatic carbocycles. The van der Waals surface area contributed by atoms with Gasteiger partial charge in [-0.25, -0.2) is 9.37 Å². The van der Waals surface area contributed by atoms with E-state index in [0.717, 1.165) is 0 Å². The molecule has 0 saturated heterocycles. The standard InChI is InChI=1S/C13H12FN3O2/c1-7-2-3-8(14)4-11(7)19-13-10(12(16)18)5-9(15)6-17-13/h2-6H,15H2,1H3,(H2,16,18). The Bertz CT molecular complexity index is 644. The summed E-state index contributed by atoms with van der Waals surface area (Å²) in [6, 6.07) is 5.44. The number of nitrogen functional groups attached to an aromatic ring is 1. The lowest BCUT2D eigenvalue weighted by molar-refractivity contribution is 0.0997. The topological polar surface area (TPSA) is 91.2 Å². The first-order valence-corrected chi connectivity index (χ1v) is 5.46. The average Bonchev–Trinajstić information content (AvgIpc) is 2.35. The van der Waals surface area contributed by atoms with Gasteiger partial charge in [0.05, 0.1) is 11.9 Å². The molecule has 0 aliphatic rings. The third-order valence-corrected chi connectivity index (χ3v) is 2.49. The van der Waals surface area contributed by atoms with Gasteiger partial charge < -0.3 is 16.2 Å². The second kappa shape index (κ2) is 4.93. The maximum atomic E-state index is 13.2. The highest BCUT2D eigenvalue weighted by Crippen LogP contribution is 2.27. The summed E-state index contributed by atoms with van der Waals surface area (Å²) >= 11 is 0. The quantitative estimate of drug-likeness (QED) is 0.884. The number of rotatable bonds is 3. The van der Waals surface area contributed by atoms with Crippen molar-refractivity contribution in [1.82, 2.24) is 4.98 Å². The number of hydrogen-bond donors (Lipinski definition) is 2. The molecule has 19 heavy (non-hydrogen) atoms. The maximum absolute atomic E-state index is 13.2. The largest absolute Gasteiger partial charge is 0.438 e. The molecule has 0 bridgehead atoms. The second-order valence-corrected chi connectivity index (χ2v) is 4.00. The van der Waals surface area contributed by atoms with Gasteiger partial charge in [0.2, 0.25) is 5.88 Å². The normalized spacial score (nSPS) is 10.2. The minimum absolute atomic E-state index is 0.00426. The van der Waals surface area contributed by atoms with E-state index >= 15 is 0 Å². The maximum Gasteiger partial charge on any atom is 0.254 e. The Morgan fingerprint density at radius 2 is 2.11 bits per heavy atom. The van der Waals surface area contributed by atoms with Crippen LogP contribution in [0.3, 0.4) is 0 Å². The van der Waals surface area contributed by atoms with E-state index in [1.165, 1.54) is 24.4 Å². The number of primary amides is 1. The third-order valence-electron chi connectivity index (χ3n) is 2.49. The first-order chi connectivity index (χ1) is 8.97. The second-order valence-electron chi connectivity index (χ2n) is 4.00. The molecule has 1 amide bonds. The number of halogens is 1. The summed E-state index contributed by atoms with van der Waals surface area (Å²) in [7, 11) is 0. The van der Waals surface area contributed by atoms with Crippen LogP contribution in [0, 0.1) is 12.7 Å². The fraction of sp³-hybridized carbons (Fsp3) is 0.0769. The molecule has 0 fully saturated rings. The molecule has 0 aliphatic heterocycles. The minimum atomic E-state index is -0.719. The lowest BCUT2D eigenvalue weighted by Gasteiger charge is -2.10. The Morgan fingerprint density at radius 1 is 1.37 bits per heavy atom. The van der Waals surface area contributed by atoms with Crippen molar-refractivity contribution in [3.63, 3.8) is 0 Å². The lowest BCUT2D eigenvalue weighted by atomic mass is 10.2. The van der Waals surface area contributed by atoms with Crippen molar-refractivity contribution in [3.8, 4) is 11.6 Å². The van der Waals surface area contributed by atoms with Crippen LogP contribution in [-0.2, 0) is 0 Å². The van der Waals surface area contributed by atoms with E-state index in [1.54, 1.807) is 13.0 Å². The van der Waals surface area contributed by atoms with Crippen molar-refractivity contribution in [2.45, 2.75) is 6.92 Å². The highest BCUT2D eigenvalue weighted by molar-refractivity contribution is 5.95. The highest BCUT2D eigenvalue weighted by atomic mass is 19.1. The molecule has 0 atom stereocenters. The van der Waals surface area contributed by atoms with Crippen LogP contribution in [0.4, 0.5) is 10.1 Å². The molecule has 5 nitrogen and oxygen atoms in total. The molecule has 1 heterocycles. The predicted molar refractivity (Wildman–Crippen MR) is 68.4 cm³/mol. The number of hydrogen-bond acceptors (Lipinski definition) is 4. The minimum Gasteiger partial charge on any atom is -0.438 e. The van der Waals surface area contributed by atoms with Gasteiger partial charge in [0.25, 0.3) is 5.91 Å². The van der Waals surface area contributed by atoms with Crippen molar-refractivity contribution < 1.29 is 13.9 Å². The number of carbonyl (C=O) groups is 1. The number of anilines is 1. The van der Waals surface area contributed by atoms with Crippen LogP contribution in [0.25, 0.3) is 0 Å². The Labute approximate surface area is 109 Å². The fourth-order valence-electron chi connectivity index (χ4n) is 1.51. The third kappa shape index (κ3) is 2.79. The number of amides is 1. The zero-order valence-corrected chi connectivity index (χ0v) is 10.2. The van der Waals surface area contributed by atoms with E-state index in [2.05, 4.69) is 4.98 Å². The van der Waals surface area contributed by atoms with Gasteiger partial charge in [-0.05, 0) is 24.6 Å². The van der Waals surface area contributed by atoms with Crippen LogP contribution in [0.2, 0.25) is 0 Å². The van der Waals surface area contributed by atoms with E-state index in [1.807, 2.05) is 0 Å². The van der Waals surface area contributed by atoms with Crippen molar-refractivity contribution in [1.29, 1.82) is 0 Å². The molecule has 0 spiro atoms. The Morgan fingerprint density at radius 3 is 2.79 bits per heavy atom. The highest BCUT2D eigenvalue weighted by Gasteiger charge is 2.14. The van der Waals surface area contributed by atoms with Crippen LogP contribution in [0.1, 0.15) is 15.9 Å². The number of ether oxygens (including phenoxy) is 1. The summed E-state index contributed by atoms with van der Waals surface area (Å²) in [5.41, 5.74) is 11.8. The molecule has 2 aromatic rings. The molecule has 0 radical (unpaired) electrons. The van der Waals surface area contributed by atoms with Crippen LogP contribution in [0.15, 0.2) is 30.5 Å². The number of benzene rings is 1. The summed E-state index contributed by atoms with van der Waals surface area (Å²) in [5, 5.41) is 0. The van der Waals surface area contributed by atoms with E-state index in [9.17, 15) is 9.18 Å². The Hall–Kier alpha value is -2.63. The Kier molecular flexibility index (Phi) is 3.33. The first kappa shape index (κ1) is 12.8. The van der Waals surface area contributed by atoms with Crippen molar-refractivity contribution in [2.75, 3.05) is 5.73 Å². The molecule has 98 valence electrons. The molecular weight excluding hydrogens is 249 g/mol. The van der Waals surface area contributed by atoms with Crippen LogP contribution < -0.4 is 16.2 Å². The zero-order chi connectivity index (χ0) is 14.0. The van der Waals surface area contributed by atoms with E-state index in [0.29, 0.717) is 5.56 Å². The van der Waals surface area contributed by atoms with Crippen molar-refractivity contribution >= 4 is 11.6 Å². The molecule has 0 unspecified atom stereocenters. The molecule has 0 saturated carbocycles. The van der Waals surface area contributed by atoms with Gasteiger partial charge in [-0.2, -0.15) is 0 Å². The van der Waals surface area contributed by atoms with Crippen molar-refractivity contribution in [2.24, 2.45) is 5.73 Å². The van der Waals surface area contributed by atoms with Gasteiger partial charge in [0.15, 0.2) is 0 Å². The summed E-state index contributed by atoms with van der Waals surface area (Å²) < 4.78 is 18.6. The molecule has 4 N–H and O–H groups in total. The monoisotopic (exact) mass is 261 g/mol. The van der Waals surface area contributed by atoms with Gasteiger partial charge in [0.1, 0.15) is 17.1 Å². The zero-order valence-electron chi connectivity index (χ0n) is 10.2. The number of nitrogens with zero attached hydrogens (tertiary/aromatic N) is 1.